The quantitative estimate of drug-likeness (QED) is 0.742. The maximum absolute atomic E-state index is 12.9. The van der Waals surface area contributed by atoms with Gasteiger partial charge in [0.15, 0.2) is 11.2 Å². The Labute approximate surface area is 139 Å². The van der Waals surface area contributed by atoms with Gasteiger partial charge in [-0.2, -0.15) is 0 Å². The third kappa shape index (κ3) is 2.62. The molecule has 5 nitrogen and oxygen atoms in total. The fourth-order valence-corrected chi connectivity index (χ4v) is 2.94. The van der Waals surface area contributed by atoms with E-state index >= 15 is 0 Å². The smallest absolute Gasteiger partial charge is 0.290 e. The number of aryl methyl sites for hydroxylation is 1. The van der Waals surface area contributed by atoms with Crippen molar-refractivity contribution in [1.82, 2.24) is 9.47 Å². The molecular weight excluding hydrogens is 304 g/mol. The SMILES string of the molecule is Cn1cccc1CN(C(=O)c1cc(=O)c2ccccc2o1)C1CC1. The van der Waals surface area contributed by atoms with E-state index in [1.54, 1.807) is 24.3 Å². The lowest BCUT2D eigenvalue weighted by molar-refractivity contribution is 0.0694. The van der Waals surface area contributed by atoms with E-state index < -0.39 is 0 Å². The molecule has 1 amide bonds. The first-order chi connectivity index (χ1) is 11.6. The first kappa shape index (κ1) is 14.8. The van der Waals surface area contributed by atoms with Crippen LogP contribution in [0.25, 0.3) is 11.0 Å². The van der Waals surface area contributed by atoms with Gasteiger partial charge in [-0.3, -0.25) is 9.59 Å². The zero-order valence-electron chi connectivity index (χ0n) is 13.4. The number of hydrogen-bond acceptors (Lipinski definition) is 3. The Hall–Kier alpha value is -2.82. The largest absolute Gasteiger partial charge is 0.451 e. The Kier molecular flexibility index (Phi) is 3.49. The second-order valence-electron chi connectivity index (χ2n) is 6.25. The monoisotopic (exact) mass is 322 g/mol. The number of aromatic nitrogens is 1. The van der Waals surface area contributed by atoms with Crippen LogP contribution in [-0.2, 0) is 13.6 Å². The molecule has 0 spiro atoms. The Bertz CT molecular complexity index is 966. The number of rotatable bonds is 4. The molecule has 3 aromatic rings. The molecule has 24 heavy (non-hydrogen) atoms. The maximum Gasteiger partial charge on any atom is 0.290 e. The van der Waals surface area contributed by atoms with Crippen molar-refractivity contribution in [2.75, 3.05) is 0 Å². The molecule has 0 radical (unpaired) electrons. The topological polar surface area (TPSA) is 55.5 Å². The first-order valence-corrected chi connectivity index (χ1v) is 8.07. The Morgan fingerprint density at radius 1 is 1.25 bits per heavy atom. The van der Waals surface area contributed by atoms with E-state index in [1.165, 1.54) is 6.07 Å². The molecule has 2 aromatic heterocycles. The van der Waals surface area contributed by atoms with Crippen molar-refractivity contribution in [2.24, 2.45) is 7.05 Å². The third-order valence-corrected chi connectivity index (χ3v) is 4.48. The molecule has 2 heterocycles. The van der Waals surface area contributed by atoms with Crippen LogP contribution in [0, 0.1) is 0 Å². The molecule has 5 heteroatoms. The van der Waals surface area contributed by atoms with Crippen molar-refractivity contribution in [3.8, 4) is 0 Å². The van der Waals surface area contributed by atoms with E-state index in [2.05, 4.69) is 0 Å². The molecule has 0 aliphatic heterocycles. The summed E-state index contributed by atoms with van der Waals surface area (Å²) in [6.45, 7) is 0.517. The van der Waals surface area contributed by atoms with Gasteiger partial charge in [0.2, 0.25) is 0 Å². The lowest BCUT2D eigenvalue weighted by Gasteiger charge is -2.22. The number of benzene rings is 1. The number of para-hydroxylation sites is 1. The van der Waals surface area contributed by atoms with Crippen LogP contribution in [0.3, 0.4) is 0 Å². The zero-order chi connectivity index (χ0) is 16.7. The van der Waals surface area contributed by atoms with Gasteiger partial charge in [0.1, 0.15) is 5.58 Å². The molecule has 1 fully saturated rings. The fraction of sp³-hybridized carbons (Fsp3) is 0.263. The summed E-state index contributed by atoms with van der Waals surface area (Å²) in [5.41, 5.74) is 1.32. The molecule has 0 bridgehead atoms. The number of nitrogens with zero attached hydrogens (tertiary/aromatic N) is 2. The van der Waals surface area contributed by atoms with Crippen LogP contribution < -0.4 is 5.43 Å². The van der Waals surface area contributed by atoms with Crippen LogP contribution in [0.1, 0.15) is 29.1 Å². The van der Waals surface area contributed by atoms with Crippen molar-refractivity contribution in [3.05, 3.63) is 70.3 Å². The van der Waals surface area contributed by atoms with Gasteiger partial charge in [-0.05, 0) is 37.1 Å². The van der Waals surface area contributed by atoms with E-state index in [4.69, 9.17) is 4.42 Å². The van der Waals surface area contributed by atoms with Crippen LogP contribution in [0.2, 0.25) is 0 Å². The summed E-state index contributed by atoms with van der Waals surface area (Å²) in [5.74, 6) is -0.110. The van der Waals surface area contributed by atoms with Crippen LogP contribution in [0.5, 0.6) is 0 Å². The van der Waals surface area contributed by atoms with Crippen molar-refractivity contribution in [1.29, 1.82) is 0 Å². The molecular formula is C19H18N2O3. The maximum atomic E-state index is 12.9. The summed E-state index contributed by atoms with van der Waals surface area (Å²) >= 11 is 0. The number of amides is 1. The molecule has 1 saturated carbocycles. The molecule has 1 aromatic carbocycles. The van der Waals surface area contributed by atoms with Gasteiger partial charge in [0.25, 0.3) is 5.91 Å². The Balaban J connectivity index is 1.70. The average Bonchev–Trinajstić information content (AvgIpc) is 3.35. The van der Waals surface area contributed by atoms with Gasteiger partial charge in [-0.15, -0.1) is 0 Å². The predicted molar refractivity (Wildman–Crippen MR) is 90.8 cm³/mol. The average molecular weight is 322 g/mol. The van der Waals surface area contributed by atoms with Crippen LogP contribution in [0.4, 0.5) is 0 Å². The van der Waals surface area contributed by atoms with Gasteiger partial charge in [0, 0.05) is 31.0 Å². The fourth-order valence-electron chi connectivity index (χ4n) is 2.94. The highest BCUT2D eigenvalue weighted by Crippen LogP contribution is 2.30. The van der Waals surface area contributed by atoms with E-state index in [0.29, 0.717) is 17.5 Å². The number of carbonyl (C=O) groups is 1. The lowest BCUT2D eigenvalue weighted by Crippen LogP contribution is -2.33. The second kappa shape index (κ2) is 5.67. The molecule has 0 atom stereocenters. The predicted octanol–water partition coefficient (Wildman–Crippen LogP) is 2.94. The van der Waals surface area contributed by atoms with Crippen molar-refractivity contribution in [2.45, 2.75) is 25.4 Å². The van der Waals surface area contributed by atoms with Crippen molar-refractivity contribution < 1.29 is 9.21 Å². The van der Waals surface area contributed by atoms with Gasteiger partial charge in [-0.25, -0.2) is 0 Å². The molecule has 4 rings (SSSR count). The number of hydrogen-bond donors (Lipinski definition) is 0. The van der Waals surface area contributed by atoms with Gasteiger partial charge >= 0.3 is 0 Å². The Morgan fingerprint density at radius 2 is 2.04 bits per heavy atom. The normalized spacial score (nSPS) is 14.0. The Morgan fingerprint density at radius 3 is 2.75 bits per heavy atom. The number of fused-ring (bicyclic) bond motifs is 1. The molecule has 1 aliphatic rings. The molecule has 0 unspecified atom stereocenters. The van der Waals surface area contributed by atoms with Crippen LogP contribution in [-0.4, -0.2) is 21.4 Å². The highest BCUT2D eigenvalue weighted by Gasteiger charge is 2.34. The summed E-state index contributed by atoms with van der Waals surface area (Å²) in [6.07, 6.45) is 3.95. The highest BCUT2D eigenvalue weighted by molar-refractivity contribution is 5.93. The van der Waals surface area contributed by atoms with Gasteiger partial charge in [-0.1, -0.05) is 12.1 Å². The summed E-state index contributed by atoms with van der Waals surface area (Å²) in [6, 6.07) is 12.5. The molecule has 1 aliphatic carbocycles. The van der Waals surface area contributed by atoms with E-state index in [-0.39, 0.29) is 23.1 Å². The lowest BCUT2D eigenvalue weighted by atomic mass is 10.2. The summed E-state index contributed by atoms with van der Waals surface area (Å²) < 4.78 is 7.71. The van der Waals surface area contributed by atoms with E-state index in [9.17, 15) is 9.59 Å². The van der Waals surface area contributed by atoms with Crippen LogP contribution >= 0.6 is 0 Å². The minimum atomic E-state index is -0.221. The molecule has 0 saturated heterocycles. The minimum Gasteiger partial charge on any atom is -0.451 e. The van der Waals surface area contributed by atoms with Crippen LogP contribution in [0.15, 0.2) is 57.9 Å². The highest BCUT2D eigenvalue weighted by atomic mass is 16.3. The van der Waals surface area contributed by atoms with E-state index in [0.717, 1.165) is 18.5 Å². The third-order valence-electron chi connectivity index (χ3n) is 4.48. The number of carbonyl (C=O) groups excluding carboxylic acids is 1. The summed E-state index contributed by atoms with van der Waals surface area (Å²) in [7, 11) is 1.96. The standard InChI is InChI=1S/C19H18N2O3/c1-20-10-4-5-14(20)12-21(13-8-9-13)19(23)18-11-16(22)15-6-2-3-7-17(15)24-18/h2-7,10-11,13H,8-9,12H2,1H3. The van der Waals surface area contributed by atoms with Gasteiger partial charge < -0.3 is 13.9 Å². The minimum absolute atomic E-state index is 0.111. The van der Waals surface area contributed by atoms with Crippen molar-refractivity contribution in [3.63, 3.8) is 0 Å². The van der Waals surface area contributed by atoms with Gasteiger partial charge in [0.05, 0.1) is 11.9 Å². The second-order valence-corrected chi connectivity index (χ2v) is 6.25. The molecule has 122 valence electrons. The first-order valence-electron chi connectivity index (χ1n) is 8.07. The summed E-state index contributed by atoms with van der Waals surface area (Å²) in [5, 5.41) is 0.495. The zero-order valence-corrected chi connectivity index (χ0v) is 13.4. The summed E-state index contributed by atoms with van der Waals surface area (Å²) in [4.78, 5) is 27.0. The van der Waals surface area contributed by atoms with E-state index in [1.807, 2.05) is 34.8 Å². The van der Waals surface area contributed by atoms with Crippen molar-refractivity contribution >= 4 is 16.9 Å². The molecule has 0 N–H and O–H groups in total.